The summed E-state index contributed by atoms with van der Waals surface area (Å²) < 4.78 is 0. The molecule has 2 aromatic carbocycles. The summed E-state index contributed by atoms with van der Waals surface area (Å²) >= 11 is 0. The largest absolute Gasteiger partial charge is 0.353 e. The van der Waals surface area contributed by atoms with Gasteiger partial charge >= 0.3 is 0 Å². The lowest BCUT2D eigenvalue weighted by molar-refractivity contribution is -0.131. The molecule has 0 spiro atoms. The van der Waals surface area contributed by atoms with Crippen LogP contribution in [0.5, 0.6) is 0 Å². The Morgan fingerprint density at radius 1 is 0.900 bits per heavy atom. The summed E-state index contributed by atoms with van der Waals surface area (Å²) in [6.07, 6.45) is 1.36. The smallest absolute Gasteiger partial charge is 0.222 e. The van der Waals surface area contributed by atoms with E-state index in [0.29, 0.717) is 6.42 Å². The van der Waals surface area contributed by atoms with E-state index in [4.69, 9.17) is 9.97 Å². The number of nitrogens with zero attached hydrogens (tertiary/aromatic N) is 4. The molecule has 1 saturated heterocycles. The molecule has 1 aliphatic heterocycles. The molecule has 30 heavy (non-hydrogen) atoms. The Morgan fingerprint density at radius 3 is 2.17 bits per heavy atom. The lowest BCUT2D eigenvalue weighted by Gasteiger charge is -2.36. The first-order valence-electron chi connectivity index (χ1n) is 10.6. The number of hydrogen-bond donors (Lipinski definition) is 0. The quantitative estimate of drug-likeness (QED) is 0.647. The fourth-order valence-electron chi connectivity index (χ4n) is 3.96. The van der Waals surface area contributed by atoms with Crippen molar-refractivity contribution in [2.75, 3.05) is 31.1 Å². The van der Waals surface area contributed by atoms with Crippen LogP contribution in [0, 0.1) is 6.92 Å². The average Bonchev–Trinajstić information content (AvgIpc) is 2.81. The maximum Gasteiger partial charge on any atom is 0.222 e. The number of piperazine rings is 1. The summed E-state index contributed by atoms with van der Waals surface area (Å²) in [5.41, 5.74) is 4.44. The van der Waals surface area contributed by atoms with Crippen LogP contribution in [0.3, 0.4) is 0 Å². The molecule has 1 aliphatic rings. The standard InChI is InChI=1S/C25H28N4O/c1-3-23(30)28-14-16-29(17-15-28)25-22(18-20-10-6-4-7-11-20)19(2)26-24(27-25)21-12-8-5-9-13-21/h4-13H,3,14-18H2,1-2H3. The van der Waals surface area contributed by atoms with Crippen LogP contribution in [0.25, 0.3) is 11.4 Å². The zero-order valence-electron chi connectivity index (χ0n) is 17.7. The first kappa shape index (κ1) is 20.1. The number of aryl methyl sites for hydroxylation is 1. The van der Waals surface area contributed by atoms with Gasteiger partial charge in [0.2, 0.25) is 5.91 Å². The third-order valence-electron chi connectivity index (χ3n) is 5.68. The molecule has 3 aromatic rings. The van der Waals surface area contributed by atoms with Crippen molar-refractivity contribution >= 4 is 11.7 Å². The van der Waals surface area contributed by atoms with Crippen molar-refractivity contribution < 1.29 is 4.79 Å². The Balaban J connectivity index is 1.70. The number of benzene rings is 2. The maximum atomic E-state index is 12.1. The molecular formula is C25H28N4O. The average molecular weight is 401 g/mol. The Morgan fingerprint density at radius 2 is 1.53 bits per heavy atom. The molecule has 0 bridgehead atoms. The molecule has 1 fully saturated rings. The molecule has 154 valence electrons. The summed E-state index contributed by atoms with van der Waals surface area (Å²) in [6, 6.07) is 20.6. The van der Waals surface area contributed by atoms with E-state index in [2.05, 4.69) is 36.1 Å². The number of anilines is 1. The second kappa shape index (κ2) is 9.08. The van der Waals surface area contributed by atoms with Crippen molar-refractivity contribution in [2.24, 2.45) is 0 Å². The Bertz CT molecular complexity index is 996. The van der Waals surface area contributed by atoms with E-state index < -0.39 is 0 Å². The lowest BCUT2D eigenvalue weighted by Crippen LogP contribution is -2.49. The van der Waals surface area contributed by atoms with Crippen molar-refractivity contribution in [3.05, 3.63) is 77.5 Å². The van der Waals surface area contributed by atoms with Crippen molar-refractivity contribution in [3.63, 3.8) is 0 Å². The van der Waals surface area contributed by atoms with Crippen LogP contribution >= 0.6 is 0 Å². The van der Waals surface area contributed by atoms with Gasteiger partial charge < -0.3 is 9.80 Å². The third-order valence-corrected chi connectivity index (χ3v) is 5.68. The van der Waals surface area contributed by atoms with Gasteiger partial charge in [0.05, 0.1) is 0 Å². The monoisotopic (exact) mass is 400 g/mol. The molecule has 0 atom stereocenters. The lowest BCUT2D eigenvalue weighted by atomic mass is 10.0. The third kappa shape index (κ3) is 4.35. The molecule has 5 nitrogen and oxygen atoms in total. The summed E-state index contributed by atoms with van der Waals surface area (Å²) in [7, 11) is 0. The fourth-order valence-corrected chi connectivity index (χ4v) is 3.96. The van der Waals surface area contributed by atoms with Crippen LogP contribution in [0.4, 0.5) is 5.82 Å². The number of rotatable bonds is 5. The Hall–Kier alpha value is -3.21. The van der Waals surface area contributed by atoms with Crippen LogP contribution in [0.15, 0.2) is 60.7 Å². The molecule has 0 N–H and O–H groups in total. The second-order valence-corrected chi connectivity index (χ2v) is 7.68. The summed E-state index contributed by atoms with van der Waals surface area (Å²) in [5, 5.41) is 0. The molecule has 1 amide bonds. The second-order valence-electron chi connectivity index (χ2n) is 7.68. The van der Waals surface area contributed by atoms with Crippen LogP contribution in [-0.2, 0) is 11.2 Å². The number of hydrogen-bond acceptors (Lipinski definition) is 4. The van der Waals surface area contributed by atoms with E-state index in [1.54, 1.807) is 0 Å². The number of carbonyl (C=O) groups is 1. The number of aromatic nitrogens is 2. The molecule has 2 heterocycles. The van der Waals surface area contributed by atoms with Gasteiger partial charge in [0.15, 0.2) is 5.82 Å². The molecule has 0 saturated carbocycles. The topological polar surface area (TPSA) is 49.3 Å². The van der Waals surface area contributed by atoms with Gasteiger partial charge in [-0.2, -0.15) is 0 Å². The minimum Gasteiger partial charge on any atom is -0.353 e. The predicted octanol–water partition coefficient (Wildman–Crippen LogP) is 4.10. The first-order chi connectivity index (χ1) is 14.7. The normalized spacial score (nSPS) is 14.1. The van der Waals surface area contributed by atoms with Gasteiger partial charge in [0.1, 0.15) is 5.82 Å². The highest BCUT2D eigenvalue weighted by Gasteiger charge is 2.24. The highest BCUT2D eigenvalue weighted by molar-refractivity contribution is 5.76. The maximum absolute atomic E-state index is 12.1. The number of carbonyl (C=O) groups excluding carboxylic acids is 1. The van der Waals surface area contributed by atoms with Gasteiger partial charge in [0, 0.05) is 55.8 Å². The molecule has 0 unspecified atom stereocenters. The highest BCUT2D eigenvalue weighted by Crippen LogP contribution is 2.28. The van der Waals surface area contributed by atoms with E-state index in [0.717, 1.165) is 61.1 Å². The molecule has 5 heteroatoms. The SMILES string of the molecule is CCC(=O)N1CCN(c2nc(-c3ccccc3)nc(C)c2Cc2ccccc2)CC1. The summed E-state index contributed by atoms with van der Waals surface area (Å²) in [6.45, 7) is 7.05. The highest BCUT2D eigenvalue weighted by atomic mass is 16.2. The Labute approximate surface area is 178 Å². The first-order valence-corrected chi connectivity index (χ1v) is 10.6. The van der Waals surface area contributed by atoms with Crippen molar-refractivity contribution in [1.82, 2.24) is 14.9 Å². The fraction of sp³-hybridized carbons (Fsp3) is 0.320. The van der Waals surface area contributed by atoms with Gasteiger partial charge in [0.25, 0.3) is 0 Å². The van der Waals surface area contributed by atoms with Gasteiger partial charge in [-0.1, -0.05) is 67.6 Å². The van der Waals surface area contributed by atoms with Gasteiger partial charge in [-0.25, -0.2) is 9.97 Å². The zero-order chi connectivity index (χ0) is 20.9. The van der Waals surface area contributed by atoms with Gasteiger partial charge in [-0.15, -0.1) is 0 Å². The van der Waals surface area contributed by atoms with Crippen molar-refractivity contribution in [1.29, 1.82) is 0 Å². The molecule has 4 rings (SSSR count). The van der Waals surface area contributed by atoms with E-state index in [-0.39, 0.29) is 5.91 Å². The minimum absolute atomic E-state index is 0.225. The molecule has 1 aromatic heterocycles. The summed E-state index contributed by atoms with van der Waals surface area (Å²) in [5.74, 6) is 1.98. The Kier molecular flexibility index (Phi) is 6.07. The van der Waals surface area contributed by atoms with Crippen LogP contribution in [-0.4, -0.2) is 47.0 Å². The molecule has 0 radical (unpaired) electrons. The van der Waals surface area contributed by atoms with Gasteiger partial charge in [-0.3, -0.25) is 4.79 Å². The minimum atomic E-state index is 0.225. The van der Waals surface area contributed by atoms with Crippen molar-refractivity contribution in [3.8, 4) is 11.4 Å². The van der Waals surface area contributed by atoms with Crippen LogP contribution in [0.2, 0.25) is 0 Å². The molecule has 0 aliphatic carbocycles. The van der Waals surface area contributed by atoms with E-state index in [1.165, 1.54) is 5.56 Å². The van der Waals surface area contributed by atoms with Crippen LogP contribution in [0.1, 0.15) is 30.2 Å². The zero-order valence-corrected chi connectivity index (χ0v) is 17.7. The van der Waals surface area contributed by atoms with E-state index >= 15 is 0 Å². The van der Waals surface area contributed by atoms with E-state index in [1.807, 2.05) is 48.2 Å². The molecular weight excluding hydrogens is 372 g/mol. The van der Waals surface area contributed by atoms with Gasteiger partial charge in [-0.05, 0) is 12.5 Å². The van der Waals surface area contributed by atoms with Crippen molar-refractivity contribution in [2.45, 2.75) is 26.7 Å². The summed E-state index contributed by atoms with van der Waals surface area (Å²) in [4.78, 5) is 26.2. The number of amides is 1. The van der Waals surface area contributed by atoms with Crippen LogP contribution < -0.4 is 4.90 Å². The predicted molar refractivity (Wildman–Crippen MR) is 121 cm³/mol. The van der Waals surface area contributed by atoms with E-state index in [9.17, 15) is 4.79 Å².